The van der Waals surface area contributed by atoms with E-state index in [1.165, 1.54) is 18.4 Å². The topological polar surface area (TPSA) is 47.6 Å². The van der Waals surface area contributed by atoms with Gasteiger partial charge in [-0.1, -0.05) is 19.1 Å². The van der Waals surface area contributed by atoms with Gasteiger partial charge in [0, 0.05) is 13.2 Å². The SMILES string of the molecule is COCCc1ccc(OCC(=O)NC2CCC(C)CC2)cc1. The third-order valence-electron chi connectivity index (χ3n) is 4.27. The molecule has 0 unspecified atom stereocenters. The normalized spacial score (nSPS) is 21.4. The smallest absolute Gasteiger partial charge is 0.258 e. The van der Waals surface area contributed by atoms with Crippen LogP contribution in [0.3, 0.4) is 0 Å². The van der Waals surface area contributed by atoms with Gasteiger partial charge in [0.05, 0.1) is 6.61 Å². The van der Waals surface area contributed by atoms with E-state index in [4.69, 9.17) is 9.47 Å². The third-order valence-corrected chi connectivity index (χ3v) is 4.27. The van der Waals surface area contributed by atoms with E-state index in [0.29, 0.717) is 12.6 Å². The molecule has 4 heteroatoms. The van der Waals surface area contributed by atoms with Gasteiger partial charge in [0.25, 0.3) is 5.91 Å². The molecule has 0 spiro atoms. The lowest BCUT2D eigenvalue weighted by Crippen LogP contribution is -2.39. The van der Waals surface area contributed by atoms with Crippen molar-refractivity contribution in [3.05, 3.63) is 29.8 Å². The Kier molecular flexibility index (Phi) is 6.72. The molecule has 4 nitrogen and oxygen atoms in total. The minimum absolute atomic E-state index is 0.0250. The molecule has 0 aromatic heterocycles. The van der Waals surface area contributed by atoms with Crippen molar-refractivity contribution >= 4 is 5.91 Å². The van der Waals surface area contributed by atoms with Gasteiger partial charge in [-0.15, -0.1) is 0 Å². The molecule has 1 aliphatic carbocycles. The fraction of sp³-hybridized carbons (Fsp3) is 0.611. The lowest BCUT2D eigenvalue weighted by molar-refractivity contribution is -0.124. The van der Waals surface area contributed by atoms with Crippen molar-refractivity contribution in [3.8, 4) is 5.75 Å². The second-order valence-electron chi connectivity index (χ2n) is 6.20. The number of amides is 1. The van der Waals surface area contributed by atoms with Gasteiger partial charge in [-0.3, -0.25) is 4.79 Å². The summed E-state index contributed by atoms with van der Waals surface area (Å²) in [5.41, 5.74) is 1.20. The average molecular weight is 305 g/mol. The molecule has 1 saturated carbocycles. The van der Waals surface area contributed by atoms with Crippen LogP contribution in [0.15, 0.2) is 24.3 Å². The van der Waals surface area contributed by atoms with Crippen molar-refractivity contribution in [3.63, 3.8) is 0 Å². The number of carbonyl (C=O) groups excluding carboxylic acids is 1. The van der Waals surface area contributed by atoms with Gasteiger partial charge in [-0.2, -0.15) is 0 Å². The molecule has 0 heterocycles. The van der Waals surface area contributed by atoms with Crippen molar-refractivity contribution < 1.29 is 14.3 Å². The third kappa shape index (κ3) is 5.68. The highest BCUT2D eigenvalue weighted by molar-refractivity contribution is 5.77. The molecular formula is C18H27NO3. The fourth-order valence-electron chi connectivity index (χ4n) is 2.79. The van der Waals surface area contributed by atoms with Crippen LogP contribution in [-0.4, -0.2) is 32.3 Å². The van der Waals surface area contributed by atoms with Crippen LogP contribution in [0.5, 0.6) is 5.75 Å². The Balaban J connectivity index is 1.69. The Morgan fingerprint density at radius 3 is 2.50 bits per heavy atom. The van der Waals surface area contributed by atoms with E-state index in [0.717, 1.165) is 30.9 Å². The molecule has 0 aliphatic heterocycles. The molecule has 22 heavy (non-hydrogen) atoms. The fourth-order valence-corrected chi connectivity index (χ4v) is 2.79. The van der Waals surface area contributed by atoms with E-state index in [9.17, 15) is 4.79 Å². The highest BCUT2D eigenvalue weighted by Crippen LogP contribution is 2.23. The number of carbonyl (C=O) groups is 1. The van der Waals surface area contributed by atoms with Gasteiger partial charge in [0.1, 0.15) is 5.75 Å². The summed E-state index contributed by atoms with van der Waals surface area (Å²) in [6, 6.07) is 8.15. The summed E-state index contributed by atoms with van der Waals surface area (Å²) >= 11 is 0. The zero-order chi connectivity index (χ0) is 15.8. The van der Waals surface area contributed by atoms with Gasteiger partial charge in [0.15, 0.2) is 6.61 Å². The van der Waals surface area contributed by atoms with Crippen molar-refractivity contribution in [2.24, 2.45) is 5.92 Å². The van der Waals surface area contributed by atoms with Gasteiger partial charge in [0.2, 0.25) is 0 Å². The van der Waals surface area contributed by atoms with Crippen molar-refractivity contribution in [1.29, 1.82) is 0 Å². The quantitative estimate of drug-likeness (QED) is 0.842. The summed E-state index contributed by atoms with van der Waals surface area (Å²) in [6.07, 6.45) is 5.46. The monoisotopic (exact) mass is 305 g/mol. The number of hydrogen-bond acceptors (Lipinski definition) is 3. The maximum Gasteiger partial charge on any atom is 0.258 e. The molecule has 0 atom stereocenters. The van der Waals surface area contributed by atoms with Gasteiger partial charge >= 0.3 is 0 Å². The molecule has 122 valence electrons. The number of nitrogens with one attached hydrogen (secondary N) is 1. The second-order valence-corrected chi connectivity index (χ2v) is 6.20. The molecule has 1 aromatic rings. The van der Waals surface area contributed by atoms with Crippen LogP contribution in [0.2, 0.25) is 0 Å². The van der Waals surface area contributed by atoms with Gasteiger partial charge in [-0.05, 0) is 55.7 Å². The maximum absolute atomic E-state index is 11.9. The maximum atomic E-state index is 11.9. The Morgan fingerprint density at radius 1 is 1.18 bits per heavy atom. The van der Waals surface area contributed by atoms with Crippen LogP contribution < -0.4 is 10.1 Å². The summed E-state index contributed by atoms with van der Waals surface area (Å²) < 4.78 is 10.6. The zero-order valence-electron chi connectivity index (χ0n) is 13.6. The molecule has 1 aliphatic rings. The first-order valence-electron chi connectivity index (χ1n) is 8.17. The Labute approximate surface area is 133 Å². The van der Waals surface area contributed by atoms with Crippen molar-refractivity contribution in [2.75, 3.05) is 20.3 Å². The molecule has 1 amide bonds. The predicted octanol–water partition coefficient (Wildman–Crippen LogP) is 2.95. The van der Waals surface area contributed by atoms with E-state index in [-0.39, 0.29) is 12.5 Å². The number of rotatable bonds is 7. The minimum Gasteiger partial charge on any atom is -0.484 e. The average Bonchev–Trinajstić information content (AvgIpc) is 2.54. The Hall–Kier alpha value is -1.55. The molecule has 1 N–H and O–H groups in total. The minimum atomic E-state index is -0.0250. The largest absolute Gasteiger partial charge is 0.484 e. The van der Waals surface area contributed by atoms with Crippen molar-refractivity contribution in [1.82, 2.24) is 5.32 Å². The van der Waals surface area contributed by atoms with E-state index in [1.54, 1.807) is 7.11 Å². The standard InChI is InChI=1S/C18H27NO3/c1-14-3-7-16(8-4-14)19-18(20)13-22-17-9-5-15(6-10-17)11-12-21-2/h5-6,9-10,14,16H,3-4,7-8,11-13H2,1-2H3,(H,19,20). The highest BCUT2D eigenvalue weighted by Gasteiger charge is 2.19. The van der Waals surface area contributed by atoms with Crippen LogP contribution in [0, 0.1) is 5.92 Å². The molecule has 2 rings (SSSR count). The van der Waals surface area contributed by atoms with E-state index < -0.39 is 0 Å². The molecule has 0 radical (unpaired) electrons. The predicted molar refractivity (Wildman–Crippen MR) is 87.1 cm³/mol. The summed E-state index contributed by atoms with van der Waals surface area (Å²) in [5.74, 6) is 1.50. The van der Waals surface area contributed by atoms with E-state index in [1.807, 2.05) is 24.3 Å². The van der Waals surface area contributed by atoms with Gasteiger partial charge in [-0.25, -0.2) is 0 Å². The number of ether oxygens (including phenoxy) is 2. The summed E-state index contributed by atoms with van der Waals surface area (Å²) in [4.78, 5) is 11.9. The molecule has 0 bridgehead atoms. The molecular weight excluding hydrogens is 278 g/mol. The first-order valence-corrected chi connectivity index (χ1v) is 8.17. The number of benzene rings is 1. The van der Waals surface area contributed by atoms with Crippen LogP contribution in [-0.2, 0) is 16.0 Å². The van der Waals surface area contributed by atoms with Crippen LogP contribution in [0.4, 0.5) is 0 Å². The summed E-state index contributed by atoms with van der Waals surface area (Å²) in [6.45, 7) is 3.07. The van der Waals surface area contributed by atoms with E-state index in [2.05, 4.69) is 12.2 Å². The summed E-state index contributed by atoms with van der Waals surface area (Å²) in [7, 11) is 1.70. The lowest BCUT2D eigenvalue weighted by Gasteiger charge is -2.26. The van der Waals surface area contributed by atoms with Crippen molar-refractivity contribution in [2.45, 2.75) is 45.1 Å². The van der Waals surface area contributed by atoms with Gasteiger partial charge < -0.3 is 14.8 Å². The second kappa shape index (κ2) is 8.79. The number of methoxy groups -OCH3 is 1. The van der Waals surface area contributed by atoms with E-state index >= 15 is 0 Å². The van der Waals surface area contributed by atoms with Crippen LogP contribution >= 0.6 is 0 Å². The lowest BCUT2D eigenvalue weighted by atomic mass is 9.87. The Morgan fingerprint density at radius 2 is 1.86 bits per heavy atom. The summed E-state index contributed by atoms with van der Waals surface area (Å²) in [5, 5.41) is 3.07. The zero-order valence-corrected chi connectivity index (χ0v) is 13.6. The van der Waals surface area contributed by atoms with Crippen LogP contribution in [0.1, 0.15) is 38.2 Å². The molecule has 0 saturated heterocycles. The number of hydrogen-bond donors (Lipinski definition) is 1. The van der Waals surface area contributed by atoms with Crippen LogP contribution in [0.25, 0.3) is 0 Å². The first-order chi connectivity index (χ1) is 10.7. The Bertz CT molecular complexity index is 450. The molecule has 1 aromatic carbocycles. The highest BCUT2D eigenvalue weighted by atomic mass is 16.5. The first kappa shape index (κ1) is 16.8. The molecule has 1 fully saturated rings.